The third kappa shape index (κ3) is 5.95. The lowest BCUT2D eigenvalue weighted by molar-refractivity contribution is 0.122. The highest BCUT2D eigenvalue weighted by Gasteiger charge is 2.11. The molecule has 1 fully saturated rings. The Morgan fingerprint density at radius 2 is 1.69 bits per heavy atom. The van der Waals surface area contributed by atoms with Crippen molar-refractivity contribution in [1.82, 2.24) is 0 Å². The lowest BCUT2D eigenvalue weighted by Crippen LogP contribution is -2.36. The Balaban J connectivity index is 1.36. The minimum atomic E-state index is 0.523. The van der Waals surface area contributed by atoms with Crippen LogP contribution in [0.3, 0.4) is 0 Å². The number of aryl methyl sites for hydroxylation is 1. The second kappa shape index (κ2) is 10.9. The summed E-state index contributed by atoms with van der Waals surface area (Å²) in [6.07, 6.45) is 0. The van der Waals surface area contributed by atoms with E-state index in [1.165, 1.54) is 11.3 Å². The first-order valence-electron chi connectivity index (χ1n) is 11.3. The average molecular weight is 433 g/mol. The van der Waals surface area contributed by atoms with Crippen LogP contribution in [0.2, 0.25) is 0 Å². The standard InChI is InChI=1S/C27H32N2O3/c1-3-31-27-18-22(7-12-26(27)32-20-23-6-4-5-21(2)17-23)19-28-24-8-10-25(11-9-24)29-13-15-30-16-14-29/h4-12,17-18,28H,3,13-16,19-20H2,1-2H3. The molecule has 0 unspecified atom stereocenters. The number of benzene rings is 3. The van der Waals surface area contributed by atoms with Gasteiger partial charge in [0.05, 0.1) is 19.8 Å². The number of ether oxygens (including phenoxy) is 3. The molecule has 0 atom stereocenters. The highest BCUT2D eigenvalue weighted by Crippen LogP contribution is 2.30. The maximum atomic E-state index is 6.06. The summed E-state index contributed by atoms with van der Waals surface area (Å²) >= 11 is 0. The average Bonchev–Trinajstić information content (AvgIpc) is 2.83. The fraction of sp³-hybridized carbons (Fsp3) is 0.333. The summed E-state index contributed by atoms with van der Waals surface area (Å²) in [5, 5.41) is 3.50. The number of hydrogen-bond donors (Lipinski definition) is 1. The molecule has 1 heterocycles. The molecule has 1 N–H and O–H groups in total. The van der Waals surface area contributed by atoms with E-state index in [9.17, 15) is 0 Å². The van der Waals surface area contributed by atoms with Gasteiger partial charge in [-0.25, -0.2) is 0 Å². The topological polar surface area (TPSA) is 43.0 Å². The van der Waals surface area contributed by atoms with Crippen LogP contribution in [0.25, 0.3) is 0 Å². The molecule has 0 aliphatic carbocycles. The molecule has 5 nitrogen and oxygen atoms in total. The molecule has 5 heteroatoms. The summed E-state index contributed by atoms with van der Waals surface area (Å²) in [7, 11) is 0. The normalized spacial score (nSPS) is 13.6. The van der Waals surface area contributed by atoms with Crippen LogP contribution in [-0.2, 0) is 17.9 Å². The zero-order chi connectivity index (χ0) is 22.2. The van der Waals surface area contributed by atoms with Gasteiger partial charge in [0, 0.05) is 31.0 Å². The van der Waals surface area contributed by atoms with Gasteiger partial charge in [0.1, 0.15) is 6.61 Å². The minimum Gasteiger partial charge on any atom is -0.490 e. The maximum Gasteiger partial charge on any atom is 0.161 e. The van der Waals surface area contributed by atoms with Gasteiger partial charge in [0.2, 0.25) is 0 Å². The fourth-order valence-corrected chi connectivity index (χ4v) is 3.83. The summed E-state index contributed by atoms with van der Waals surface area (Å²) in [4.78, 5) is 2.36. The van der Waals surface area contributed by atoms with Crippen LogP contribution in [0.1, 0.15) is 23.6 Å². The first-order chi connectivity index (χ1) is 15.7. The zero-order valence-electron chi connectivity index (χ0n) is 19.0. The van der Waals surface area contributed by atoms with Gasteiger partial charge in [-0.2, -0.15) is 0 Å². The predicted molar refractivity (Wildman–Crippen MR) is 130 cm³/mol. The van der Waals surface area contributed by atoms with E-state index in [0.29, 0.717) is 13.2 Å². The van der Waals surface area contributed by atoms with Crippen molar-refractivity contribution in [3.63, 3.8) is 0 Å². The van der Waals surface area contributed by atoms with Crippen LogP contribution >= 0.6 is 0 Å². The molecular weight excluding hydrogens is 400 g/mol. The smallest absolute Gasteiger partial charge is 0.161 e. The minimum absolute atomic E-state index is 0.523. The summed E-state index contributed by atoms with van der Waals surface area (Å²) in [6.45, 7) is 9.42. The van der Waals surface area contributed by atoms with Gasteiger partial charge >= 0.3 is 0 Å². The Labute approximate surface area is 190 Å². The molecule has 0 amide bonds. The Morgan fingerprint density at radius 1 is 0.875 bits per heavy atom. The summed E-state index contributed by atoms with van der Waals surface area (Å²) in [5.74, 6) is 1.55. The van der Waals surface area contributed by atoms with Crippen molar-refractivity contribution in [1.29, 1.82) is 0 Å². The first kappa shape index (κ1) is 22.0. The van der Waals surface area contributed by atoms with Crippen molar-refractivity contribution >= 4 is 11.4 Å². The molecule has 0 bridgehead atoms. The predicted octanol–water partition coefficient (Wildman–Crippen LogP) is 5.42. The second-order valence-electron chi connectivity index (χ2n) is 7.99. The third-order valence-corrected chi connectivity index (χ3v) is 5.52. The van der Waals surface area contributed by atoms with Crippen molar-refractivity contribution in [2.45, 2.75) is 27.0 Å². The van der Waals surface area contributed by atoms with Crippen molar-refractivity contribution in [2.24, 2.45) is 0 Å². The Kier molecular flexibility index (Phi) is 7.51. The van der Waals surface area contributed by atoms with Crippen molar-refractivity contribution in [3.8, 4) is 11.5 Å². The monoisotopic (exact) mass is 432 g/mol. The maximum absolute atomic E-state index is 6.06. The number of anilines is 2. The third-order valence-electron chi connectivity index (χ3n) is 5.52. The van der Waals surface area contributed by atoms with Crippen LogP contribution in [0.15, 0.2) is 66.7 Å². The molecule has 3 aromatic rings. The van der Waals surface area contributed by atoms with Gasteiger partial charge in [0.25, 0.3) is 0 Å². The highest BCUT2D eigenvalue weighted by molar-refractivity contribution is 5.55. The van der Waals surface area contributed by atoms with Gasteiger partial charge in [0.15, 0.2) is 11.5 Å². The largest absolute Gasteiger partial charge is 0.490 e. The highest BCUT2D eigenvalue weighted by atomic mass is 16.5. The molecule has 1 aliphatic heterocycles. The SMILES string of the molecule is CCOc1cc(CNc2ccc(N3CCOCC3)cc2)ccc1OCc1cccc(C)c1. The van der Waals surface area contributed by atoms with E-state index in [1.807, 2.05) is 13.0 Å². The molecule has 168 valence electrons. The molecule has 4 rings (SSSR count). The number of nitrogens with one attached hydrogen (secondary N) is 1. The summed E-state index contributed by atoms with van der Waals surface area (Å²) in [6, 6.07) is 23.1. The molecule has 0 saturated carbocycles. The van der Waals surface area contributed by atoms with E-state index in [0.717, 1.165) is 61.2 Å². The Morgan fingerprint density at radius 3 is 2.44 bits per heavy atom. The van der Waals surface area contributed by atoms with Crippen LogP contribution < -0.4 is 19.7 Å². The van der Waals surface area contributed by atoms with Crippen molar-refractivity contribution in [3.05, 3.63) is 83.4 Å². The molecule has 0 aromatic heterocycles. The molecule has 0 spiro atoms. The quantitative estimate of drug-likeness (QED) is 0.489. The van der Waals surface area contributed by atoms with E-state index in [2.05, 4.69) is 77.8 Å². The molecule has 1 saturated heterocycles. The molecule has 0 radical (unpaired) electrons. The van der Waals surface area contributed by atoms with Crippen LogP contribution in [0.4, 0.5) is 11.4 Å². The summed E-state index contributed by atoms with van der Waals surface area (Å²) < 4.78 is 17.4. The van der Waals surface area contributed by atoms with E-state index in [-0.39, 0.29) is 0 Å². The molecule has 1 aliphatic rings. The lowest BCUT2D eigenvalue weighted by Gasteiger charge is -2.29. The second-order valence-corrected chi connectivity index (χ2v) is 7.99. The van der Waals surface area contributed by atoms with Gasteiger partial charge in [-0.05, 0) is 61.4 Å². The van der Waals surface area contributed by atoms with E-state index >= 15 is 0 Å². The van der Waals surface area contributed by atoms with Gasteiger partial charge in [-0.1, -0.05) is 35.9 Å². The van der Waals surface area contributed by atoms with E-state index in [1.54, 1.807) is 0 Å². The fourth-order valence-electron chi connectivity index (χ4n) is 3.83. The molecule has 3 aromatic carbocycles. The number of rotatable bonds is 9. The van der Waals surface area contributed by atoms with Crippen LogP contribution in [-0.4, -0.2) is 32.9 Å². The molecular formula is C27H32N2O3. The van der Waals surface area contributed by atoms with E-state index in [4.69, 9.17) is 14.2 Å². The van der Waals surface area contributed by atoms with Crippen LogP contribution in [0, 0.1) is 6.92 Å². The van der Waals surface area contributed by atoms with Gasteiger partial charge < -0.3 is 24.4 Å². The number of morpholine rings is 1. The number of nitrogens with zero attached hydrogens (tertiary/aromatic N) is 1. The Hall–Kier alpha value is -3.18. The zero-order valence-corrected chi connectivity index (χ0v) is 19.0. The Bertz CT molecular complexity index is 998. The first-order valence-corrected chi connectivity index (χ1v) is 11.3. The molecule has 32 heavy (non-hydrogen) atoms. The van der Waals surface area contributed by atoms with Crippen molar-refractivity contribution < 1.29 is 14.2 Å². The van der Waals surface area contributed by atoms with E-state index < -0.39 is 0 Å². The lowest BCUT2D eigenvalue weighted by atomic mass is 10.1. The van der Waals surface area contributed by atoms with Gasteiger partial charge in [-0.3, -0.25) is 0 Å². The van der Waals surface area contributed by atoms with Crippen molar-refractivity contribution in [2.75, 3.05) is 43.1 Å². The number of hydrogen-bond acceptors (Lipinski definition) is 5. The summed E-state index contributed by atoms with van der Waals surface area (Å²) in [5.41, 5.74) is 5.87. The van der Waals surface area contributed by atoms with Crippen LogP contribution in [0.5, 0.6) is 11.5 Å². The van der Waals surface area contributed by atoms with Gasteiger partial charge in [-0.15, -0.1) is 0 Å².